The Morgan fingerprint density at radius 2 is 1.92 bits per heavy atom. The Labute approximate surface area is 173 Å². The number of rotatable bonds is 6. The molecule has 0 fully saturated rings. The maximum atomic E-state index is 12.8. The number of hydrogen-bond acceptors (Lipinski definition) is 4. The van der Waals surface area contributed by atoms with Crippen LogP contribution in [0.15, 0.2) is 29.3 Å². The summed E-state index contributed by atoms with van der Waals surface area (Å²) in [4.78, 5) is 21.7. The first-order valence-electron chi connectivity index (χ1n) is 7.90. The molecule has 1 heterocycles. The normalized spacial score (nSPS) is 10.8. The highest BCUT2D eigenvalue weighted by molar-refractivity contribution is 14.0. The summed E-state index contributed by atoms with van der Waals surface area (Å²) in [5.74, 6) is -0.0358. The number of benzene rings is 1. The topological polar surface area (TPSA) is 78.4 Å². The van der Waals surface area contributed by atoms with Crippen LogP contribution in [-0.2, 0) is 11.2 Å². The number of aryl methyl sites for hydroxylation is 2. The second kappa shape index (κ2) is 11.1. The van der Waals surface area contributed by atoms with Crippen molar-refractivity contribution >= 4 is 52.9 Å². The van der Waals surface area contributed by atoms with Crippen LogP contribution >= 0.6 is 35.3 Å². The van der Waals surface area contributed by atoms with E-state index in [1.165, 1.54) is 29.1 Å². The average molecular weight is 491 g/mol. The number of aromatic nitrogens is 1. The fourth-order valence-corrected chi connectivity index (χ4v) is 2.99. The van der Waals surface area contributed by atoms with Crippen LogP contribution < -0.4 is 16.0 Å². The monoisotopic (exact) mass is 491 g/mol. The van der Waals surface area contributed by atoms with E-state index in [9.17, 15) is 9.18 Å². The van der Waals surface area contributed by atoms with E-state index in [0.717, 1.165) is 17.1 Å². The van der Waals surface area contributed by atoms with Gasteiger partial charge in [-0.1, -0.05) is 0 Å². The molecule has 6 nitrogen and oxygen atoms in total. The van der Waals surface area contributed by atoms with Gasteiger partial charge in [0, 0.05) is 30.6 Å². The number of guanidine groups is 1. The fraction of sp³-hybridized carbons (Fsp3) is 0.353. The third-order valence-corrected chi connectivity index (χ3v) is 4.60. The number of amides is 1. The second-order valence-electron chi connectivity index (χ2n) is 5.41. The van der Waals surface area contributed by atoms with Gasteiger partial charge in [-0.25, -0.2) is 9.37 Å². The average Bonchev–Trinajstić information content (AvgIpc) is 2.91. The molecule has 1 aromatic carbocycles. The molecule has 26 heavy (non-hydrogen) atoms. The summed E-state index contributed by atoms with van der Waals surface area (Å²) in [6.07, 6.45) is 0.793. The van der Waals surface area contributed by atoms with Gasteiger partial charge in [-0.05, 0) is 38.1 Å². The zero-order valence-corrected chi connectivity index (χ0v) is 18.1. The van der Waals surface area contributed by atoms with Crippen molar-refractivity contribution in [2.24, 2.45) is 4.99 Å². The lowest BCUT2D eigenvalue weighted by Crippen LogP contribution is -2.42. The zero-order chi connectivity index (χ0) is 18.2. The standard InChI is InChI=1S/C17H22FN5OS.HI/c1-11-12(2)25-16(22-11)8-9-20-17(19-3)21-10-15(24)23-14-6-4-13(18)5-7-14;/h4-7H,8-10H2,1-3H3,(H,23,24)(H2,19,20,21);1H. The van der Waals surface area contributed by atoms with Crippen molar-refractivity contribution in [3.05, 3.63) is 45.7 Å². The highest BCUT2D eigenvalue weighted by Gasteiger charge is 2.06. The van der Waals surface area contributed by atoms with Crippen LogP contribution in [-0.4, -0.2) is 37.0 Å². The van der Waals surface area contributed by atoms with Crippen molar-refractivity contribution in [1.29, 1.82) is 0 Å². The third kappa shape index (κ3) is 7.24. The van der Waals surface area contributed by atoms with Crippen LogP contribution in [0.2, 0.25) is 0 Å². The van der Waals surface area contributed by atoms with Crippen LogP contribution in [0.1, 0.15) is 15.6 Å². The molecule has 0 saturated heterocycles. The lowest BCUT2D eigenvalue weighted by Gasteiger charge is -2.11. The summed E-state index contributed by atoms with van der Waals surface area (Å²) in [5.41, 5.74) is 1.62. The van der Waals surface area contributed by atoms with E-state index in [1.54, 1.807) is 18.4 Å². The van der Waals surface area contributed by atoms with Gasteiger partial charge in [-0.15, -0.1) is 35.3 Å². The molecular formula is C17H23FIN5OS. The summed E-state index contributed by atoms with van der Waals surface area (Å²) in [6, 6.07) is 5.62. The van der Waals surface area contributed by atoms with Crippen LogP contribution in [0.4, 0.5) is 10.1 Å². The van der Waals surface area contributed by atoms with Crippen molar-refractivity contribution in [3.8, 4) is 0 Å². The van der Waals surface area contributed by atoms with Gasteiger partial charge in [0.1, 0.15) is 5.82 Å². The van der Waals surface area contributed by atoms with Gasteiger partial charge in [-0.2, -0.15) is 0 Å². The van der Waals surface area contributed by atoms with Crippen LogP contribution in [0, 0.1) is 19.7 Å². The SMILES string of the molecule is CN=C(NCCc1nc(C)c(C)s1)NCC(=O)Nc1ccc(F)cc1.I. The molecular weight excluding hydrogens is 468 g/mol. The smallest absolute Gasteiger partial charge is 0.243 e. The molecule has 9 heteroatoms. The maximum Gasteiger partial charge on any atom is 0.243 e. The molecule has 2 aromatic rings. The number of nitrogens with zero attached hydrogens (tertiary/aromatic N) is 2. The number of hydrogen-bond donors (Lipinski definition) is 3. The number of halogens is 2. The van der Waals surface area contributed by atoms with Gasteiger partial charge in [0.2, 0.25) is 5.91 Å². The molecule has 0 aliphatic heterocycles. The number of thiazole rings is 1. The van der Waals surface area contributed by atoms with E-state index < -0.39 is 0 Å². The minimum absolute atomic E-state index is 0. The molecule has 0 atom stereocenters. The Balaban J connectivity index is 0.00000338. The minimum atomic E-state index is -0.341. The van der Waals surface area contributed by atoms with Gasteiger partial charge in [0.15, 0.2) is 5.96 Å². The number of carbonyl (C=O) groups excluding carboxylic acids is 1. The lowest BCUT2D eigenvalue weighted by atomic mass is 10.3. The van der Waals surface area contributed by atoms with Crippen LogP contribution in [0.25, 0.3) is 0 Å². The molecule has 0 aliphatic rings. The minimum Gasteiger partial charge on any atom is -0.356 e. The number of aliphatic imine (C=N–C) groups is 1. The summed E-state index contributed by atoms with van der Waals surface area (Å²) in [6.45, 7) is 4.80. The second-order valence-corrected chi connectivity index (χ2v) is 6.69. The molecule has 0 radical (unpaired) electrons. The first-order chi connectivity index (χ1) is 12.0. The van der Waals surface area contributed by atoms with E-state index in [0.29, 0.717) is 18.2 Å². The first kappa shape index (κ1) is 22.3. The summed E-state index contributed by atoms with van der Waals surface area (Å²) in [7, 11) is 1.64. The lowest BCUT2D eigenvalue weighted by molar-refractivity contribution is -0.115. The van der Waals surface area contributed by atoms with Crippen molar-refractivity contribution < 1.29 is 9.18 Å². The molecule has 142 valence electrons. The van der Waals surface area contributed by atoms with Crippen molar-refractivity contribution in [3.63, 3.8) is 0 Å². The Kier molecular flexibility index (Phi) is 9.49. The highest BCUT2D eigenvalue weighted by Crippen LogP contribution is 2.16. The molecule has 0 bridgehead atoms. The number of anilines is 1. The van der Waals surface area contributed by atoms with Crippen molar-refractivity contribution in [1.82, 2.24) is 15.6 Å². The van der Waals surface area contributed by atoms with E-state index in [-0.39, 0.29) is 42.2 Å². The Hall–Kier alpha value is -1.75. The van der Waals surface area contributed by atoms with E-state index >= 15 is 0 Å². The maximum absolute atomic E-state index is 12.8. The Morgan fingerprint density at radius 3 is 2.50 bits per heavy atom. The fourth-order valence-electron chi connectivity index (χ4n) is 2.06. The van der Waals surface area contributed by atoms with Crippen LogP contribution in [0.5, 0.6) is 0 Å². The van der Waals surface area contributed by atoms with E-state index in [1.807, 2.05) is 6.92 Å². The van der Waals surface area contributed by atoms with Gasteiger partial charge in [0.05, 0.1) is 17.2 Å². The molecule has 0 aliphatic carbocycles. The van der Waals surface area contributed by atoms with Crippen LogP contribution in [0.3, 0.4) is 0 Å². The van der Waals surface area contributed by atoms with Crippen molar-refractivity contribution in [2.75, 3.05) is 25.5 Å². The number of carbonyl (C=O) groups is 1. The van der Waals surface area contributed by atoms with Gasteiger partial charge in [0.25, 0.3) is 0 Å². The van der Waals surface area contributed by atoms with Crippen molar-refractivity contribution in [2.45, 2.75) is 20.3 Å². The Morgan fingerprint density at radius 1 is 1.23 bits per heavy atom. The molecule has 0 spiro atoms. The Bertz CT molecular complexity index is 729. The van der Waals surface area contributed by atoms with E-state index in [2.05, 4.69) is 32.9 Å². The predicted molar refractivity (Wildman–Crippen MR) is 115 cm³/mol. The summed E-state index contributed by atoms with van der Waals surface area (Å²) < 4.78 is 12.8. The zero-order valence-electron chi connectivity index (χ0n) is 14.9. The molecule has 1 amide bonds. The van der Waals surface area contributed by atoms with Gasteiger partial charge in [-0.3, -0.25) is 9.79 Å². The number of nitrogens with one attached hydrogen (secondary N) is 3. The summed E-state index contributed by atoms with van der Waals surface area (Å²) >= 11 is 1.69. The predicted octanol–water partition coefficient (Wildman–Crippen LogP) is 2.86. The first-order valence-corrected chi connectivity index (χ1v) is 8.72. The largest absolute Gasteiger partial charge is 0.356 e. The van der Waals surface area contributed by atoms with Gasteiger partial charge < -0.3 is 16.0 Å². The molecule has 3 N–H and O–H groups in total. The quantitative estimate of drug-likeness (QED) is 0.330. The molecule has 0 saturated carbocycles. The third-order valence-electron chi connectivity index (χ3n) is 3.47. The van der Waals surface area contributed by atoms with E-state index in [4.69, 9.17) is 0 Å². The molecule has 1 aromatic heterocycles. The van der Waals surface area contributed by atoms with Gasteiger partial charge >= 0.3 is 0 Å². The molecule has 0 unspecified atom stereocenters. The highest BCUT2D eigenvalue weighted by atomic mass is 127. The summed E-state index contributed by atoms with van der Waals surface area (Å²) in [5, 5.41) is 9.84. The molecule has 2 rings (SSSR count).